The predicted octanol–water partition coefficient (Wildman–Crippen LogP) is 2.41. The molecule has 1 saturated heterocycles. The third kappa shape index (κ3) is 4.15. The number of aromatic nitrogens is 4. The molecule has 0 radical (unpaired) electrons. The number of nitrogens with zero attached hydrogens (tertiary/aromatic N) is 4. The first kappa shape index (κ1) is 22.4. The molecule has 0 bridgehead atoms. The lowest BCUT2D eigenvalue weighted by atomic mass is 9.98. The molecule has 3 heterocycles. The minimum absolute atomic E-state index is 0.144. The van der Waals surface area contributed by atoms with E-state index in [1.54, 1.807) is 30.3 Å². The molecule has 4 N–H and O–H groups in total. The molecule has 1 aliphatic rings. The Bertz CT molecular complexity index is 1110. The molecule has 1 aliphatic heterocycles. The summed E-state index contributed by atoms with van der Waals surface area (Å²) in [5.41, 5.74) is 1.55. The number of nitrogens with two attached hydrogens (primary N) is 1. The van der Waals surface area contributed by atoms with E-state index in [1.165, 1.54) is 17.8 Å². The number of hydrogen-bond acceptors (Lipinski definition) is 10. The van der Waals surface area contributed by atoms with E-state index in [0.29, 0.717) is 29.0 Å². The van der Waals surface area contributed by atoms with Gasteiger partial charge in [0.25, 0.3) is 0 Å². The minimum atomic E-state index is -2.55. The summed E-state index contributed by atoms with van der Waals surface area (Å²) in [4.78, 5) is 12.8. The van der Waals surface area contributed by atoms with E-state index in [-0.39, 0.29) is 12.6 Å². The van der Waals surface area contributed by atoms with Crippen LogP contribution in [0, 0.1) is 0 Å². The van der Waals surface area contributed by atoms with Gasteiger partial charge in [-0.15, -0.1) is 4.52 Å². The Labute approximate surface area is 183 Å². The number of rotatable bonds is 8. The smallest absolute Gasteiger partial charge is 0.387 e. The lowest BCUT2D eigenvalue weighted by Crippen LogP contribution is -2.40. The van der Waals surface area contributed by atoms with Crippen molar-refractivity contribution in [1.82, 2.24) is 19.5 Å². The van der Waals surface area contributed by atoms with Gasteiger partial charge >= 0.3 is 8.25 Å². The largest absolute Gasteiger partial charge is 0.750 e. The zero-order chi connectivity index (χ0) is 22.9. The third-order valence-electron chi connectivity index (χ3n) is 5.19. The van der Waals surface area contributed by atoms with Crippen molar-refractivity contribution in [3.63, 3.8) is 0 Å². The predicted molar refractivity (Wildman–Crippen MR) is 113 cm³/mol. The van der Waals surface area contributed by atoms with Crippen LogP contribution < -0.4 is 15.8 Å². The molecular formula is C19H23FN6O5P+. The fraction of sp³-hybridized carbons (Fsp3) is 0.421. The fourth-order valence-electron chi connectivity index (χ4n) is 3.54. The lowest BCUT2D eigenvalue weighted by molar-refractivity contribution is -0.0539. The molecule has 0 saturated carbocycles. The molecule has 1 fully saturated rings. The second-order valence-electron chi connectivity index (χ2n) is 7.36. The summed E-state index contributed by atoms with van der Waals surface area (Å²) in [6.07, 6.45) is -2.02. The van der Waals surface area contributed by atoms with Crippen LogP contribution in [-0.2, 0) is 20.2 Å². The van der Waals surface area contributed by atoms with Gasteiger partial charge in [0.1, 0.15) is 24.3 Å². The number of nitrogens with one attached hydrogen (secondary N) is 1. The van der Waals surface area contributed by atoms with Gasteiger partial charge in [-0.2, -0.15) is 4.98 Å². The second-order valence-corrected chi connectivity index (χ2v) is 8.25. The van der Waals surface area contributed by atoms with Crippen LogP contribution in [0.1, 0.15) is 25.8 Å². The number of aliphatic hydroxyl groups is 1. The molecule has 3 aromatic rings. The number of aliphatic hydroxyl groups excluding tert-OH is 1. The van der Waals surface area contributed by atoms with Crippen molar-refractivity contribution in [1.29, 1.82) is 0 Å². The van der Waals surface area contributed by atoms with E-state index < -0.39 is 32.4 Å². The number of aryl methyl sites for hydroxylation is 1. The van der Waals surface area contributed by atoms with E-state index in [4.69, 9.17) is 19.6 Å². The quantitative estimate of drug-likeness (QED) is 0.257. The van der Waals surface area contributed by atoms with Gasteiger partial charge in [0.05, 0.1) is 12.0 Å². The average Bonchev–Trinajstić information content (AvgIpc) is 3.30. The number of halogens is 1. The summed E-state index contributed by atoms with van der Waals surface area (Å²) >= 11 is 0. The third-order valence-corrected chi connectivity index (χ3v) is 5.91. The highest BCUT2D eigenvalue weighted by Gasteiger charge is 2.56. The number of nitrogen functional groups attached to an aromatic ring is 1. The van der Waals surface area contributed by atoms with Crippen LogP contribution in [0.3, 0.4) is 0 Å². The van der Waals surface area contributed by atoms with Crippen molar-refractivity contribution < 1.29 is 27.8 Å². The lowest BCUT2D eigenvalue weighted by Gasteiger charge is -2.24. The zero-order valence-electron chi connectivity index (χ0n) is 17.4. The number of hydrogen-bond donors (Lipinski definition) is 3. The van der Waals surface area contributed by atoms with Crippen molar-refractivity contribution in [3.05, 3.63) is 42.4 Å². The van der Waals surface area contributed by atoms with Crippen LogP contribution >= 0.6 is 8.25 Å². The maximum atomic E-state index is 15.6. The van der Waals surface area contributed by atoms with Gasteiger partial charge in [-0.3, -0.25) is 9.99 Å². The Morgan fingerprint density at radius 2 is 2.12 bits per heavy atom. The molecule has 13 heteroatoms. The van der Waals surface area contributed by atoms with Gasteiger partial charge < -0.3 is 9.84 Å². The molecule has 1 aromatic carbocycles. The monoisotopic (exact) mass is 465 g/mol. The van der Waals surface area contributed by atoms with E-state index in [1.807, 2.05) is 6.92 Å². The van der Waals surface area contributed by atoms with Crippen LogP contribution in [0.5, 0.6) is 5.75 Å². The molecule has 1 unspecified atom stereocenters. The molecule has 0 aliphatic carbocycles. The topological polar surface area (TPSA) is 147 Å². The molecule has 0 amide bonds. The van der Waals surface area contributed by atoms with Gasteiger partial charge in [0.15, 0.2) is 23.3 Å². The summed E-state index contributed by atoms with van der Waals surface area (Å²) in [6, 6.07) is 8.46. The Morgan fingerprint density at radius 3 is 2.81 bits per heavy atom. The molecule has 4 rings (SSSR count). The highest BCUT2D eigenvalue weighted by molar-refractivity contribution is 7.33. The number of benzene rings is 1. The Balaban J connectivity index is 1.53. The maximum Gasteiger partial charge on any atom is 0.750 e. The summed E-state index contributed by atoms with van der Waals surface area (Å²) in [5.74, 6) is 5.95. The maximum absolute atomic E-state index is 15.6. The number of hydrazine groups is 1. The first-order chi connectivity index (χ1) is 15.3. The number of fused-ring (bicyclic) bond motifs is 1. The summed E-state index contributed by atoms with van der Waals surface area (Å²) in [6.45, 7) is 2.75. The van der Waals surface area contributed by atoms with Crippen LogP contribution in [0.2, 0.25) is 0 Å². The van der Waals surface area contributed by atoms with Crippen LogP contribution in [-0.4, -0.2) is 49.1 Å². The molecule has 2 aromatic heterocycles. The number of imidazole rings is 1. The number of alkyl halides is 1. The summed E-state index contributed by atoms with van der Waals surface area (Å²) < 4.78 is 45.2. The Hall–Kier alpha value is -2.76. The van der Waals surface area contributed by atoms with Crippen LogP contribution in [0.25, 0.3) is 11.2 Å². The van der Waals surface area contributed by atoms with Crippen molar-refractivity contribution in [2.24, 2.45) is 5.84 Å². The molecule has 5 atom stereocenters. The zero-order valence-corrected chi connectivity index (χ0v) is 18.3. The first-order valence-corrected chi connectivity index (χ1v) is 11.0. The van der Waals surface area contributed by atoms with Crippen LogP contribution in [0.15, 0.2) is 36.7 Å². The number of para-hydroxylation sites is 1. The SMILES string of the molecule is CCc1nc(NN)nc2c1ncn2[C@@H]1O[C@H](CO[P+](=O)Oc2ccccc2)[C@@H](O)[C@@]1(C)F. The first-order valence-electron chi connectivity index (χ1n) is 9.90. The molecule has 0 spiro atoms. The number of ether oxygens (including phenoxy) is 1. The van der Waals surface area contributed by atoms with Crippen molar-refractivity contribution >= 4 is 25.4 Å². The Morgan fingerprint density at radius 1 is 1.38 bits per heavy atom. The molecule has 11 nitrogen and oxygen atoms in total. The highest BCUT2D eigenvalue weighted by Crippen LogP contribution is 2.43. The van der Waals surface area contributed by atoms with E-state index in [0.717, 1.165) is 0 Å². The second kappa shape index (κ2) is 9.00. The van der Waals surface area contributed by atoms with Gasteiger partial charge in [-0.1, -0.05) is 25.1 Å². The van der Waals surface area contributed by atoms with Gasteiger partial charge in [0, 0.05) is 4.57 Å². The normalized spacial score (nSPS) is 25.8. The Kier molecular flexibility index (Phi) is 6.31. The summed E-state index contributed by atoms with van der Waals surface area (Å²) in [7, 11) is -2.55. The van der Waals surface area contributed by atoms with E-state index in [2.05, 4.69) is 20.4 Å². The van der Waals surface area contributed by atoms with Crippen molar-refractivity contribution in [2.45, 2.75) is 44.4 Å². The standard InChI is InChI=1S/C19H23FN6O5P/c1-3-12-14-16(24-18(23-12)25-21)26(10-22-14)17-19(2,20)15(27)13(30-17)9-29-32(28)31-11-7-5-4-6-8-11/h4-8,10,13,15,17,27H,3,9,21H2,1-2H3,(H,23,24,25)/q+1/t13-,15-,17-,19-/m1/s1. The highest BCUT2D eigenvalue weighted by atomic mass is 31.1. The molecular weight excluding hydrogens is 442 g/mol. The van der Waals surface area contributed by atoms with Crippen molar-refractivity contribution in [2.75, 3.05) is 12.0 Å². The molecule has 170 valence electrons. The fourth-order valence-corrected chi connectivity index (χ4v) is 4.15. The van der Waals surface area contributed by atoms with Gasteiger partial charge in [-0.25, -0.2) is 24.7 Å². The summed E-state index contributed by atoms with van der Waals surface area (Å²) in [5, 5.41) is 10.5. The van der Waals surface area contributed by atoms with Crippen molar-refractivity contribution in [3.8, 4) is 5.75 Å². The number of anilines is 1. The average molecular weight is 465 g/mol. The van der Waals surface area contributed by atoms with Crippen LogP contribution in [0.4, 0.5) is 10.3 Å². The van der Waals surface area contributed by atoms with E-state index >= 15 is 4.39 Å². The molecule has 32 heavy (non-hydrogen) atoms. The van der Waals surface area contributed by atoms with E-state index in [9.17, 15) is 9.67 Å². The van der Waals surface area contributed by atoms with Gasteiger partial charge in [0.2, 0.25) is 5.95 Å². The van der Waals surface area contributed by atoms with Gasteiger partial charge in [-0.05, 0) is 25.5 Å². The minimum Gasteiger partial charge on any atom is -0.387 e.